The Kier molecular flexibility index (Phi) is 3.22. The van der Waals surface area contributed by atoms with Gasteiger partial charge >= 0.3 is 0 Å². The van der Waals surface area contributed by atoms with Crippen LogP contribution in [-0.4, -0.2) is 61.5 Å². The van der Waals surface area contributed by atoms with Gasteiger partial charge in [-0.1, -0.05) is 0 Å². The first-order valence-corrected chi connectivity index (χ1v) is 6.24. The molecule has 2 fully saturated rings. The SMILES string of the molecule is CN(C)C(C)(C(=O)N1CCNCC1)C1CC1. The zero-order valence-corrected chi connectivity index (χ0v) is 10.6. The highest BCUT2D eigenvalue weighted by molar-refractivity contribution is 5.86. The predicted molar refractivity (Wildman–Crippen MR) is 64.3 cm³/mol. The molecule has 1 aliphatic carbocycles. The number of amides is 1. The first-order valence-electron chi connectivity index (χ1n) is 6.24. The number of likely N-dealkylation sites (N-methyl/N-ethyl adjacent to an activating group) is 1. The Hall–Kier alpha value is -0.610. The van der Waals surface area contributed by atoms with Crippen molar-refractivity contribution in [3.63, 3.8) is 0 Å². The number of hydrogen-bond acceptors (Lipinski definition) is 3. The maximum atomic E-state index is 12.6. The van der Waals surface area contributed by atoms with Crippen molar-refractivity contribution >= 4 is 5.91 Å². The van der Waals surface area contributed by atoms with Crippen LogP contribution in [0.3, 0.4) is 0 Å². The second kappa shape index (κ2) is 4.34. The Morgan fingerprint density at radius 3 is 2.31 bits per heavy atom. The van der Waals surface area contributed by atoms with Gasteiger partial charge in [-0.15, -0.1) is 0 Å². The van der Waals surface area contributed by atoms with Crippen LogP contribution in [0.25, 0.3) is 0 Å². The van der Waals surface area contributed by atoms with Crippen molar-refractivity contribution in [1.82, 2.24) is 15.1 Å². The van der Waals surface area contributed by atoms with Gasteiger partial charge in [0.25, 0.3) is 0 Å². The van der Waals surface area contributed by atoms with Crippen molar-refractivity contribution in [2.45, 2.75) is 25.3 Å². The molecule has 0 aromatic rings. The number of carbonyl (C=O) groups excluding carboxylic acids is 1. The van der Waals surface area contributed by atoms with Crippen LogP contribution in [0.5, 0.6) is 0 Å². The normalized spacial score (nSPS) is 25.6. The van der Waals surface area contributed by atoms with Gasteiger partial charge in [-0.05, 0) is 39.8 Å². The second-order valence-electron chi connectivity index (χ2n) is 5.36. The summed E-state index contributed by atoms with van der Waals surface area (Å²) >= 11 is 0. The van der Waals surface area contributed by atoms with E-state index in [2.05, 4.69) is 17.1 Å². The van der Waals surface area contributed by atoms with E-state index in [1.807, 2.05) is 19.0 Å². The largest absolute Gasteiger partial charge is 0.339 e. The molecule has 1 N–H and O–H groups in total. The summed E-state index contributed by atoms with van der Waals surface area (Å²) in [5, 5.41) is 3.29. The van der Waals surface area contributed by atoms with E-state index >= 15 is 0 Å². The molecule has 1 saturated heterocycles. The third-order valence-electron chi connectivity index (χ3n) is 4.14. The fraction of sp³-hybridized carbons (Fsp3) is 0.917. The average molecular weight is 225 g/mol. The molecule has 2 aliphatic rings. The van der Waals surface area contributed by atoms with Gasteiger partial charge < -0.3 is 10.2 Å². The Labute approximate surface area is 98.0 Å². The molecule has 0 aromatic carbocycles. The lowest BCUT2D eigenvalue weighted by molar-refractivity contribution is -0.144. The molecule has 1 atom stereocenters. The van der Waals surface area contributed by atoms with Crippen LogP contribution < -0.4 is 5.32 Å². The van der Waals surface area contributed by atoms with Gasteiger partial charge in [0.05, 0.1) is 0 Å². The molecule has 4 heteroatoms. The lowest BCUT2D eigenvalue weighted by Crippen LogP contribution is -2.60. The Morgan fingerprint density at radius 2 is 1.88 bits per heavy atom. The zero-order chi connectivity index (χ0) is 11.8. The summed E-state index contributed by atoms with van der Waals surface area (Å²) in [5.74, 6) is 0.881. The highest BCUT2D eigenvalue weighted by Gasteiger charge is 2.50. The lowest BCUT2D eigenvalue weighted by Gasteiger charge is -2.41. The van der Waals surface area contributed by atoms with Crippen molar-refractivity contribution in [2.24, 2.45) is 5.92 Å². The van der Waals surface area contributed by atoms with E-state index < -0.39 is 0 Å². The average Bonchev–Trinajstić information content (AvgIpc) is 3.12. The smallest absolute Gasteiger partial charge is 0.243 e. The van der Waals surface area contributed by atoms with E-state index in [1.54, 1.807) is 0 Å². The van der Waals surface area contributed by atoms with Crippen molar-refractivity contribution in [2.75, 3.05) is 40.3 Å². The second-order valence-corrected chi connectivity index (χ2v) is 5.36. The van der Waals surface area contributed by atoms with Crippen LogP contribution in [0.1, 0.15) is 19.8 Å². The van der Waals surface area contributed by atoms with Gasteiger partial charge in [-0.2, -0.15) is 0 Å². The van der Waals surface area contributed by atoms with Crippen LogP contribution in [0.15, 0.2) is 0 Å². The van der Waals surface area contributed by atoms with Gasteiger partial charge in [0.1, 0.15) is 5.54 Å². The minimum Gasteiger partial charge on any atom is -0.339 e. The minimum atomic E-state index is -0.280. The van der Waals surface area contributed by atoms with Crippen LogP contribution in [0, 0.1) is 5.92 Å². The third kappa shape index (κ3) is 1.96. The monoisotopic (exact) mass is 225 g/mol. The van der Waals surface area contributed by atoms with Crippen LogP contribution >= 0.6 is 0 Å². The number of piperazine rings is 1. The molecular weight excluding hydrogens is 202 g/mol. The highest BCUT2D eigenvalue weighted by atomic mass is 16.2. The standard InChI is InChI=1S/C12H23N3O/c1-12(14(2)3,10-4-5-10)11(16)15-8-6-13-7-9-15/h10,13H,4-9H2,1-3H3. The summed E-state index contributed by atoms with van der Waals surface area (Å²) < 4.78 is 0. The molecule has 1 amide bonds. The molecule has 1 aliphatic heterocycles. The van der Waals surface area contributed by atoms with Crippen molar-refractivity contribution in [3.8, 4) is 0 Å². The highest BCUT2D eigenvalue weighted by Crippen LogP contribution is 2.43. The topological polar surface area (TPSA) is 35.6 Å². The Bertz CT molecular complexity index is 265. The van der Waals surface area contributed by atoms with E-state index in [0.29, 0.717) is 11.8 Å². The molecule has 1 heterocycles. The third-order valence-corrected chi connectivity index (χ3v) is 4.14. The van der Waals surface area contributed by atoms with Crippen molar-refractivity contribution in [3.05, 3.63) is 0 Å². The van der Waals surface area contributed by atoms with Gasteiger partial charge in [-0.3, -0.25) is 9.69 Å². The summed E-state index contributed by atoms with van der Waals surface area (Å²) in [6, 6.07) is 0. The van der Waals surface area contributed by atoms with E-state index in [0.717, 1.165) is 26.2 Å². The van der Waals surface area contributed by atoms with Gasteiger partial charge in [0.2, 0.25) is 5.91 Å². The van der Waals surface area contributed by atoms with Crippen LogP contribution in [0.2, 0.25) is 0 Å². The molecular formula is C12H23N3O. The first kappa shape index (κ1) is 11.9. The molecule has 0 radical (unpaired) electrons. The summed E-state index contributed by atoms with van der Waals surface area (Å²) in [7, 11) is 4.05. The quantitative estimate of drug-likeness (QED) is 0.742. The summed E-state index contributed by atoms with van der Waals surface area (Å²) in [6.07, 6.45) is 2.40. The van der Waals surface area contributed by atoms with Crippen molar-refractivity contribution < 1.29 is 4.79 Å². The number of carbonyl (C=O) groups is 1. The maximum Gasteiger partial charge on any atom is 0.243 e. The van der Waals surface area contributed by atoms with E-state index in [-0.39, 0.29) is 5.54 Å². The summed E-state index contributed by atoms with van der Waals surface area (Å²) in [5.41, 5.74) is -0.280. The first-order chi connectivity index (χ1) is 7.56. The minimum absolute atomic E-state index is 0.280. The molecule has 0 spiro atoms. The number of nitrogens with zero attached hydrogens (tertiary/aromatic N) is 2. The Morgan fingerprint density at radius 1 is 1.31 bits per heavy atom. The predicted octanol–water partition coefficient (Wildman–Crippen LogP) is 0.149. The summed E-state index contributed by atoms with van der Waals surface area (Å²) in [4.78, 5) is 16.7. The van der Waals surface area contributed by atoms with Gasteiger partial charge in [0.15, 0.2) is 0 Å². The summed E-state index contributed by atoms with van der Waals surface area (Å²) in [6.45, 7) is 5.68. The van der Waals surface area contributed by atoms with Crippen LogP contribution in [-0.2, 0) is 4.79 Å². The number of nitrogens with one attached hydrogen (secondary N) is 1. The molecule has 1 unspecified atom stereocenters. The fourth-order valence-electron chi connectivity index (χ4n) is 2.56. The van der Waals surface area contributed by atoms with Crippen molar-refractivity contribution in [1.29, 1.82) is 0 Å². The molecule has 1 saturated carbocycles. The Balaban J connectivity index is 2.10. The maximum absolute atomic E-state index is 12.6. The van der Waals surface area contributed by atoms with Crippen LogP contribution in [0.4, 0.5) is 0 Å². The van der Waals surface area contributed by atoms with E-state index in [9.17, 15) is 4.79 Å². The lowest BCUT2D eigenvalue weighted by atomic mass is 9.92. The molecule has 0 bridgehead atoms. The number of rotatable bonds is 3. The van der Waals surface area contributed by atoms with E-state index in [4.69, 9.17) is 0 Å². The number of hydrogen-bond donors (Lipinski definition) is 1. The molecule has 16 heavy (non-hydrogen) atoms. The molecule has 2 rings (SSSR count). The van der Waals surface area contributed by atoms with Gasteiger partial charge in [-0.25, -0.2) is 0 Å². The van der Waals surface area contributed by atoms with E-state index in [1.165, 1.54) is 12.8 Å². The molecule has 0 aromatic heterocycles. The van der Waals surface area contributed by atoms with Gasteiger partial charge in [0, 0.05) is 26.2 Å². The zero-order valence-electron chi connectivity index (χ0n) is 10.6. The molecule has 4 nitrogen and oxygen atoms in total. The molecule has 92 valence electrons. The fourth-order valence-corrected chi connectivity index (χ4v) is 2.56.